The molecule has 0 atom stereocenters. The van der Waals surface area contributed by atoms with Crippen LogP contribution >= 0.6 is 0 Å². The van der Waals surface area contributed by atoms with E-state index in [0.717, 1.165) is 45.0 Å². The van der Waals surface area contributed by atoms with Crippen molar-refractivity contribution in [1.29, 1.82) is 0 Å². The zero-order valence-corrected chi connectivity index (χ0v) is 9.63. The minimum absolute atomic E-state index is 0.303. The number of nitrogens with zero attached hydrogens (tertiary/aromatic N) is 2. The van der Waals surface area contributed by atoms with Gasteiger partial charge in [-0.05, 0) is 12.1 Å². The molecule has 0 saturated carbocycles. The van der Waals surface area contributed by atoms with E-state index in [1.165, 1.54) is 6.07 Å². The highest BCUT2D eigenvalue weighted by Crippen LogP contribution is 2.05. The quantitative estimate of drug-likeness (QED) is 0.831. The van der Waals surface area contributed by atoms with Gasteiger partial charge in [0.2, 0.25) is 0 Å². The van der Waals surface area contributed by atoms with E-state index in [1.807, 2.05) is 0 Å². The first kappa shape index (κ1) is 12.0. The topological polar surface area (TPSA) is 62.7 Å². The molecule has 1 N–H and O–H groups in total. The highest BCUT2D eigenvalue weighted by atomic mass is 16.5. The van der Waals surface area contributed by atoms with Crippen LogP contribution in [-0.4, -0.2) is 53.8 Å². The van der Waals surface area contributed by atoms with Gasteiger partial charge in [-0.2, -0.15) is 0 Å². The molecule has 1 fully saturated rings. The average molecular weight is 236 g/mol. The molecule has 92 valence electrons. The van der Waals surface area contributed by atoms with Crippen molar-refractivity contribution in [3.05, 3.63) is 29.6 Å². The van der Waals surface area contributed by atoms with Gasteiger partial charge in [-0.3, -0.25) is 9.88 Å². The van der Waals surface area contributed by atoms with Crippen LogP contribution in [0.15, 0.2) is 18.3 Å². The molecule has 0 aromatic carbocycles. The lowest BCUT2D eigenvalue weighted by molar-refractivity contribution is 0.0383. The molecule has 1 aromatic heterocycles. The zero-order chi connectivity index (χ0) is 12.1. The molecule has 1 aliphatic rings. The van der Waals surface area contributed by atoms with Crippen molar-refractivity contribution in [3.63, 3.8) is 0 Å². The summed E-state index contributed by atoms with van der Waals surface area (Å²) in [6.07, 6.45) is 2.33. The van der Waals surface area contributed by atoms with Crippen LogP contribution in [-0.2, 0) is 11.2 Å². The van der Waals surface area contributed by atoms with Gasteiger partial charge in [-0.25, -0.2) is 4.79 Å². The SMILES string of the molecule is O=C(O)c1ccnc(CCN2CCOCC2)c1. The Morgan fingerprint density at radius 3 is 2.94 bits per heavy atom. The number of pyridine rings is 1. The van der Waals surface area contributed by atoms with Crippen molar-refractivity contribution >= 4 is 5.97 Å². The third-order valence-corrected chi connectivity index (χ3v) is 2.85. The second-order valence-corrected chi connectivity index (χ2v) is 4.05. The third kappa shape index (κ3) is 3.51. The summed E-state index contributed by atoms with van der Waals surface area (Å²) in [7, 11) is 0. The Bertz CT molecular complexity index is 389. The van der Waals surface area contributed by atoms with E-state index >= 15 is 0 Å². The number of ether oxygens (including phenoxy) is 1. The maximum Gasteiger partial charge on any atom is 0.335 e. The van der Waals surface area contributed by atoms with E-state index in [-0.39, 0.29) is 0 Å². The lowest BCUT2D eigenvalue weighted by atomic mass is 10.2. The van der Waals surface area contributed by atoms with Gasteiger partial charge in [0, 0.05) is 37.9 Å². The van der Waals surface area contributed by atoms with Crippen LogP contribution in [0.4, 0.5) is 0 Å². The zero-order valence-electron chi connectivity index (χ0n) is 9.63. The Labute approximate surface area is 100 Å². The molecular formula is C12H16N2O3. The summed E-state index contributed by atoms with van der Waals surface area (Å²) in [4.78, 5) is 17.3. The van der Waals surface area contributed by atoms with Crippen molar-refractivity contribution in [2.24, 2.45) is 0 Å². The molecule has 1 saturated heterocycles. The standard InChI is InChI=1S/C12H16N2O3/c15-12(16)10-1-3-13-11(9-10)2-4-14-5-7-17-8-6-14/h1,3,9H,2,4-8H2,(H,15,16). The second-order valence-electron chi connectivity index (χ2n) is 4.05. The molecule has 0 bridgehead atoms. The number of carboxylic acid groups (broad SMARTS) is 1. The minimum Gasteiger partial charge on any atom is -0.478 e. The van der Waals surface area contributed by atoms with Crippen LogP contribution in [0.25, 0.3) is 0 Å². The first-order valence-corrected chi connectivity index (χ1v) is 5.74. The summed E-state index contributed by atoms with van der Waals surface area (Å²) < 4.78 is 5.27. The molecule has 1 aromatic rings. The number of morpholine rings is 1. The lowest BCUT2D eigenvalue weighted by Gasteiger charge is -2.26. The first-order chi connectivity index (χ1) is 8.25. The van der Waals surface area contributed by atoms with E-state index < -0.39 is 5.97 Å². The molecule has 17 heavy (non-hydrogen) atoms. The molecule has 5 heteroatoms. The van der Waals surface area contributed by atoms with Crippen molar-refractivity contribution in [3.8, 4) is 0 Å². The summed E-state index contributed by atoms with van der Waals surface area (Å²) >= 11 is 0. The highest BCUT2D eigenvalue weighted by molar-refractivity contribution is 5.87. The summed E-state index contributed by atoms with van der Waals surface area (Å²) in [5, 5.41) is 8.87. The Morgan fingerprint density at radius 2 is 2.24 bits per heavy atom. The highest BCUT2D eigenvalue weighted by Gasteiger charge is 2.11. The fourth-order valence-corrected chi connectivity index (χ4v) is 1.85. The normalized spacial score (nSPS) is 16.9. The molecule has 5 nitrogen and oxygen atoms in total. The third-order valence-electron chi connectivity index (χ3n) is 2.85. The van der Waals surface area contributed by atoms with Gasteiger partial charge < -0.3 is 9.84 Å². The molecule has 2 heterocycles. The van der Waals surface area contributed by atoms with E-state index in [9.17, 15) is 4.79 Å². The van der Waals surface area contributed by atoms with Crippen LogP contribution in [0.2, 0.25) is 0 Å². The summed E-state index contributed by atoms with van der Waals surface area (Å²) in [6.45, 7) is 4.35. The largest absolute Gasteiger partial charge is 0.478 e. The Hall–Kier alpha value is -1.46. The summed E-state index contributed by atoms with van der Waals surface area (Å²) in [6, 6.07) is 3.16. The van der Waals surface area contributed by atoms with Crippen molar-refractivity contribution < 1.29 is 14.6 Å². The van der Waals surface area contributed by atoms with Gasteiger partial charge in [0.15, 0.2) is 0 Å². The smallest absolute Gasteiger partial charge is 0.335 e. The molecule has 0 spiro atoms. The number of carbonyl (C=O) groups is 1. The monoisotopic (exact) mass is 236 g/mol. The van der Waals surface area contributed by atoms with Gasteiger partial charge in [0.1, 0.15) is 0 Å². The number of aromatic carboxylic acids is 1. The van der Waals surface area contributed by atoms with Crippen LogP contribution in [0.1, 0.15) is 16.1 Å². The van der Waals surface area contributed by atoms with Crippen LogP contribution in [0.5, 0.6) is 0 Å². The fourth-order valence-electron chi connectivity index (χ4n) is 1.85. The molecule has 2 rings (SSSR count). The van der Waals surface area contributed by atoms with Gasteiger partial charge in [-0.1, -0.05) is 0 Å². The van der Waals surface area contributed by atoms with E-state index in [4.69, 9.17) is 9.84 Å². The van der Waals surface area contributed by atoms with E-state index in [1.54, 1.807) is 12.3 Å². The average Bonchev–Trinajstić information content (AvgIpc) is 2.38. The van der Waals surface area contributed by atoms with Crippen molar-refractivity contribution in [2.45, 2.75) is 6.42 Å². The van der Waals surface area contributed by atoms with Crippen LogP contribution < -0.4 is 0 Å². The molecule has 0 unspecified atom stereocenters. The maximum atomic E-state index is 10.8. The Morgan fingerprint density at radius 1 is 1.47 bits per heavy atom. The predicted octanol–water partition coefficient (Wildman–Crippen LogP) is 0.654. The number of aromatic nitrogens is 1. The number of hydrogen-bond acceptors (Lipinski definition) is 4. The molecule has 0 aliphatic carbocycles. The van der Waals surface area contributed by atoms with Crippen LogP contribution in [0, 0.1) is 0 Å². The Kier molecular flexibility index (Phi) is 4.06. The van der Waals surface area contributed by atoms with Crippen LogP contribution in [0.3, 0.4) is 0 Å². The number of hydrogen-bond donors (Lipinski definition) is 1. The first-order valence-electron chi connectivity index (χ1n) is 5.74. The number of carboxylic acids is 1. The minimum atomic E-state index is -0.903. The second kappa shape index (κ2) is 5.75. The molecule has 0 radical (unpaired) electrons. The van der Waals surface area contributed by atoms with Crippen molar-refractivity contribution in [2.75, 3.05) is 32.8 Å². The van der Waals surface area contributed by atoms with Gasteiger partial charge in [-0.15, -0.1) is 0 Å². The molecule has 0 amide bonds. The van der Waals surface area contributed by atoms with E-state index in [0.29, 0.717) is 5.56 Å². The Balaban J connectivity index is 1.89. The summed E-state index contributed by atoms with van der Waals surface area (Å²) in [5.41, 5.74) is 1.13. The molecule has 1 aliphatic heterocycles. The lowest BCUT2D eigenvalue weighted by Crippen LogP contribution is -2.37. The van der Waals surface area contributed by atoms with Crippen molar-refractivity contribution in [1.82, 2.24) is 9.88 Å². The summed E-state index contributed by atoms with van der Waals surface area (Å²) in [5.74, 6) is -0.903. The number of rotatable bonds is 4. The predicted molar refractivity (Wildman–Crippen MR) is 62.2 cm³/mol. The fraction of sp³-hybridized carbons (Fsp3) is 0.500. The van der Waals surface area contributed by atoms with E-state index in [2.05, 4.69) is 9.88 Å². The van der Waals surface area contributed by atoms with Gasteiger partial charge in [0.25, 0.3) is 0 Å². The molecular weight excluding hydrogens is 220 g/mol. The van der Waals surface area contributed by atoms with Gasteiger partial charge in [0.05, 0.1) is 18.8 Å². The maximum absolute atomic E-state index is 10.8. The van der Waals surface area contributed by atoms with Gasteiger partial charge >= 0.3 is 5.97 Å².